The molecule has 0 aromatic heterocycles. The van der Waals surface area contributed by atoms with Gasteiger partial charge in [0.15, 0.2) is 0 Å². The van der Waals surface area contributed by atoms with Gasteiger partial charge in [-0.15, -0.1) is 0 Å². The van der Waals surface area contributed by atoms with E-state index in [0.29, 0.717) is 6.54 Å². The second kappa shape index (κ2) is 6.21. The van der Waals surface area contributed by atoms with Gasteiger partial charge in [-0.2, -0.15) is 0 Å². The largest absolute Gasteiger partial charge is 0.469 e. The number of methoxy groups -OCH3 is 1. The van der Waals surface area contributed by atoms with E-state index in [9.17, 15) is 4.79 Å². The van der Waals surface area contributed by atoms with E-state index in [1.54, 1.807) is 0 Å². The normalized spacial score (nSPS) is 13.2. The Labute approximate surface area is 113 Å². The van der Waals surface area contributed by atoms with Crippen LogP contribution in [-0.4, -0.2) is 19.6 Å². The Morgan fingerprint density at radius 1 is 1.39 bits per heavy atom. The molecule has 0 radical (unpaired) electrons. The number of benzene rings is 1. The average Bonchev–Trinajstić information content (AvgIpc) is 2.35. The van der Waals surface area contributed by atoms with Crippen molar-refractivity contribution in [2.75, 3.05) is 13.7 Å². The van der Waals surface area contributed by atoms with E-state index in [1.807, 2.05) is 38.1 Å². The quantitative estimate of drug-likeness (QED) is 0.835. The van der Waals surface area contributed by atoms with E-state index in [4.69, 9.17) is 16.3 Å². The van der Waals surface area contributed by atoms with Crippen LogP contribution in [0.25, 0.3) is 0 Å². The highest BCUT2D eigenvalue weighted by Crippen LogP contribution is 2.20. The molecule has 0 amide bonds. The fourth-order valence-corrected chi connectivity index (χ4v) is 1.75. The minimum atomic E-state index is -0.532. The maximum atomic E-state index is 11.5. The first kappa shape index (κ1) is 15.0. The van der Waals surface area contributed by atoms with Crippen LogP contribution in [0.15, 0.2) is 24.3 Å². The van der Waals surface area contributed by atoms with Gasteiger partial charge in [-0.25, -0.2) is 0 Å². The molecule has 0 saturated heterocycles. The summed E-state index contributed by atoms with van der Waals surface area (Å²) >= 11 is 5.84. The molecule has 1 rings (SSSR count). The van der Waals surface area contributed by atoms with Gasteiger partial charge in [-0.05, 0) is 38.5 Å². The molecule has 0 aliphatic carbocycles. The van der Waals surface area contributed by atoms with Crippen LogP contribution < -0.4 is 5.32 Å². The summed E-state index contributed by atoms with van der Waals surface area (Å²) in [7, 11) is 1.41. The number of rotatable bonds is 5. The summed E-state index contributed by atoms with van der Waals surface area (Å²) in [6.07, 6.45) is 0. The Balaban J connectivity index is 2.58. The molecule has 0 aliphatic heterocycles. The molecule has 1 N–H and O–H groups in total. The maximum Gasteiger partial charge on any atom is 0.312 e. The number of carbonyl (C=O) groups is 1. The van der Waals surface area contributed by atoms with Crippen LogP contribution in [0, 0.1) is 5.41 Å². The van der Waals surface area contributed by atoms with E-state index in [2.05, 4.69) is 12.2 Å². The molecule has 1 aromatic rings. The zero-order valence-corrected chi connectivity index (χ0v) is 12.0. The van der Waals surface area contributed by atoms with Gasteiger partial charge >= 0.3 is 5.97 Å². The van der Waals surface area contributed by atoms with Crippen LogP contribution in [0.4, 0.5) is 0 Å². The highest BCUT2D eigenvalue weighted by Gasteiger charge is 2.28. The van der Waals surface area contributed by atoms with Crippen molar-refractivity contribution >= 4 is 17.6 Å². The van der Waals surface area contributed by atoms with Gasteiger partial charge in [0.1, 0.15) is 0 Å². The summed E-state index contributed by atoms with van der Waals surface area (Å²) in [5, 5.41) is 4.05. The van der Waals surface area contributed by atoms with E-state index in [-0.39, 0.29) is 12.0 Å². The van der Waals surface area contributed by atoms with E-state index in [1.165, 1.54) is 7.11 Å². The summed E-state index contributed by atoms with van der Waals surface area (Å²) in [6.45, 7) is 6.33. The minimum absolute atomic E-state index is 0.159. The highest BCUT2D eigenvalue weighted by atomic mass is 35.5. The average molecular weight is 270 g/mol. The third-order valence-corrected chi connectivity index (χ3v) is 3.21. The molecule has 0 unspecified atom stereocenters. The summed E-state index contributed by atoms with van der Waals surface area (Å²) < 4.78 is 4.77. The first-order valence-electron chi connectivity index (χ1n) is 5.94. The number of esters is 1. The predicted molar refractivity (Wildman–Crippen MR) is 73.7 cm³/mol. The number of nitrogens with one attached hydrogen (secondary N) is 1. The first-order chi connectivity index (χ1) is 8.36. The molecule has 0 bridgehead atoms. The maximum absolute atomic E-state index is 11.5. The Morgan fingerprint density at radius 3 is 2.44 bits per heavy atom. The van der Waals surface area contributed by atoms with E-state index in [0.717, 1.165) is 10.6 Å². The number of carbonyl (C=O) groups excluding carboxylic acids is 1. The molecule has 1 atom stereocenters. The molecule has 0 aliphatic rings. The number of hydrogen-bond acceptors (Lipinski definition) is 3. The van der Waals surface area contributed by atoms with Gasteiger partial charge in [0.05, 0.1) is 12.5 Å². The minimum Gasteiger partial charge on any atom is -0.469 e. The van der Waals surface area contributed by atoms with Crippen LogP contribution >= 0.6 is 11.6 Å². The Hall–Kier alpha value is -1.06. The fraction of sp³-hybridized carbons (Fsp3) is 0.500. The Kier molecular flexibility index (Phi) is 5.17. The molecule has 100 valence electrons. The van der Waals surface area contributed by atoms with Gasteiger partial charge in [0.2, 0.25) is 0 Å². The molecule has 0 heterocycles. The van der Waals surface area contributed by atoms with Crippen LogP contribution in [0.5, 0.6) is 0 Å². The second-order valence-corrected chi connectivity index (χ2v) is 5.47. The van der Waals surface area contributed by atoms with Crippen molar-refractivity contribution in [2.45, 2.75) is 26.8 Å². The van der Waals surface area contributed by atoms with Crippen LogP contribution in [0.2, 0.25) is 5.02 Å². The monoisotopic (exact) mass is 269 g/mol. The van der Waals surface area contributed by atoms with Gasteiger partial charge in [0, 0.05) is 17.6 Å². The van der Waals surface area contributed by atoms with E-state index < -0.39 is 5.41 Å². The van der Waals surface area contributed by atoms with Crippen LogP contribution in [-0.2, 0) is 9.53 Å². The summed E-state index contributed by atoms with van der Waals surface area (Å²) in [5.41, 5.74) is 0.607. The lowest BCUT2D eigenvalue weighted by Crippen LogP contribution is -2.37. The molecular formula is C14H20ClNO2. The fourth-order valence-electron chi connectivity index (χ4n) is 1.63. The topological polar surface area (TPSA) is 38.3 Å². The lowest BCUT2D eigenvalue weighted by Gasteiger charge is -2.24. The van der Waals surface area contributed by atoms with Crippen molar-refractivity contribution in [3.63, 3.8) is 0 Å². The molecule has 4 heteroatoms. The molecular weight excluding hydrogens is 250 g/mol. The third-order valence-electron chi connectivity index (χ3n) is 2.96. The molecule has 0 saturated carbocycles. The zero-order chi connectivity index (χ0) is 13.8. The molecule has 1 aromatic carbocycles. The predicted octanol–water partition coefficient (Wildman–Crippen LogP) is 3.19. The Morgan fingerprint density at radius 2 is 1.94 bits per heavy atom. The SMILES string of the molecule is COC(=O)C(C)(C)CN[C@H](C)c1ccc(Cl)cc1. The van der Waals surface area contributed by atoms with Gasteiger partial charge in [0.25, 0.3) is 0 Å². The number of ether oxygens (including phenoxy) is 1. The van der Waals surface area contributed by atoms with Crippen molar-refractivity contribution in [2.24, 2.45) is 5.41 Å². The lowest BCUT2D eigenvalue weighted by molar-refractivity contribution is -0.150. The highest BCUT2D eigenvalue weighted by molar-refractivity contribution is 6.30. The van der Waals surface area contributed by atoms with Crippen molar-refractivity contribution in [1.29, 1.82) is 0 Å². The van der Waals surface area contributed by atoms with Gasteiger partial charge < -0.3 is 10.1 Å². The van der Waals surface area contributed by atoms with Gasteiger partial charge in [-0.3, -0.25) is 4.79 Å². The summed E-state index contributed by atoms with van der Waals surface area (Å²) in [4.78, 5) is 11.5. The van der Waals surface area contributed by atoms with Crippen LogP contribution in [0.3, 0.4) is 0 Å². The molecule has 0 fully saturated rings. The number of halogens is 1. The van der Waals surface area contributed by atoms with Crippen molar-refractivity contribution in [1.82, 2.24) is 5.32 Å². The van der Waals surface area contributed by atoms with Crippen LogP contribution in [0.1, 0.15) is 32.4 Å². The standard InChI is InChI=1S/C14H20ClNO2/c1-10(11-5-7-12(15)8-6-11)16-9-14(2,3)13(17)18-4/h5-8,10,16H,9H2,1-4H3/t10-/m1/s1. The first-order valence-corrected chi connectivity index (χ1v) is 6.32. The molecule has 3 nitrogen and oxygen atoms in total. The summed E-state index contributed by atoms with van der Waals surface area (Å²) in [6, 6.07) is 7.84. The lowest BCUT2D eigenvalue weighted by atomic mass is 9.93. The van der Waals surface area contributed by atoms with Crippen molar-refractivity contribution in [3.8, 4) is 0 Å². The second-order valence-electron chi connectivity index (χ2n) is 5.03. The summed E-state index contributed by atoms with van der Waals surface area (Å²) in [5.74, 6) is -0.210. The van der Waals surface area contributed by atoms with Gasteiger partial charge in [-0.1, -0.05) is 23.7 Å². The van der Waals surface area contributed by atoms with Crippen molar-refractivity contribution in [3.05, 3.63) is 34.9 Å². The molecule has 0 spiro atoms. The van der Waals surface area contributed by atoms with Crippen molar-refractivity contribution < 1.29 is 9.53 Å². The smallest absolute Gasteiger partial charge is 0.312 e. The van der Waals surface area contributed by atoms with E-state index >= 15 is 0 Å². The Bertz CT molecular complexity index is 401. The zero-order valence-electron chi connectivity index (χ0n) is 11.3. The number of hydrogen-bond donors (Lipinski definition) is 1. The molecule has 18 heavy (non-hydrogen) atoms. The third kappa shape index (κ3) is 4.00.